The van der Waals surface area contributed by atoms with E-state index in [1.807, 2.05) is 31.2 Å². The molecule has 0 spiro atoms. The molecule has 0 bridgehead atoms. The van der Waals surface area contributed by atoms with Gasteiger partial charge in [-0.2, -0.15) is 0 Å². The fourth-order valence-corrected chi connectivity index (χ4v) is 4.53. The van der Waals surface area contributed by atoms with E-state index < -0.39 is 12.0 Å². The minimum Gasteiger partial charge on any atom is -0.497 e. The standard InChI is InChI=1S/C24H36N4O4/c1-6-28-20(16-27(4)18-11-13-26(3)14-12-18)21(23(29)32-7-2)22(25-24(28)30)17-9-8-10-19(15-17)31-5/h8-10,15,18,22H,6-7,11-14,16H2,1-5H3,(H,25,30). The smallest absolute Gasteiger partial charge is 0.338 e. The van der Waals surface area contributed by atoms with Crippen LogP contribution in [0.4, 0.5) is 4.79 Å². The Bertz CT molecular complexity index is 848. The first-order chi connectivity index (χ1) is 15.4. The maximum absolute atomic E-state index is 13.2. The first-order valence-corrected chi connectivity index (χ1v) is 11.4. The molecule has 2 heterocycles. The molecule has 1 aromatic rings. The zero-order valence-electron chi connectivity index (χ0n) is 19.9. The zero-order chi connectivity index (χ0) is 23.3. The third-order valence-corrected chi connectivity index (χ3v) is 6.39. The third kappa shape index (κ3) is 5.24. The summed E-state index contributed by atoms with van der Waals surface area (Å²) < 4.78 is 10.8. The molecule has 8 heteroatoms. The highest BCUT2D eigenvalue weighted by Gasteiger charge is 2.38. The van der Waals surface area contributed by atoms with E-state index in [0.29, 0.717) is 36.2 Å². The highest BCUT2D eigenvalue weighted by atomic mass is 16.5. The number of piperidine rings is 1. The average Bonchev–Trinajstić information content (AvgIpc) is 2.79. The van der Waals surface area contributed by atoms with E-state index >= 15 is 0 Å². The molecule has 2 aliphatic rings. The van der Waals surface area contributed by atoms with Gasteiger partial charge in [0, 0.05) is 24.8 Å². The maximum atomic E-state index is 13.2. The molecule has 1 atom stereocenters. The van der Waals surface area contributed by atoms with Crippen LogP contribution in [0.3, 0.4) is 0 Å². The van der Waals surface area contributed by atoms with Gasteiger partial charge < -0.3 is 19.7 Å². The van der Waals surface area contributed by atoms with E-state index in [1.165, 1.54) is 0 Å². The SMILES string of the molecule is CCOC(=O)C1=C(CN(C)C2CCN(C)CC2)N(CC)C(=O)NC1c1cccc(OC)c1. The van der Waals surface area contributed by atoms with Crippen LogP contribution in [0.5, 0.6) is 5.75 Å². The molecule has 1 fully saturated rings. The number of nitrogens with one attached hydrogen (secondary N) is 1. The van der Waals surface area contributed by atoms with Crippen LogP contribution in [0.1, 0.15) is 38.3 Å². The average molecular weight is 445 g/mol. The zero-order valence-corrected chi connectivity index (χ0v) is 19.9. The molecule has 2 amide bonds. The van der Waals surface area contributed by atoms with Crippen LogP contribution in [0.2, 0.25) is 0 Å². The topological polar surface area (TPSA) is 74.4 Å². The van der Waals surface area contributed by atoms with Crippen molar-refractivity contribution in [3.63, 3.8) is 0 Å². The quantitative estimate of drug-likeness (QED) is 0.622. The van der Waals surface area contributed by atoms with Gasteiger partial charge in [0.15, 0.2) is 0 Å². The van der Waals surface area contributed by atoms with Crippen LogP contribution >= 0.6 is 0 Å². The summed E-state index contributed by atoms with van der Waals surface area (Å²) in [6, 6.07) is 7.05. The van der Waals surface area contributed by atoms with Gasteiger partial charge in [0.1, 0.15) is 5.75 Å². The summed E-state index contributed by atoms with van der Waals surface area (Å²) >= 11 is 0. The molecule has 3 rings (SSSR count). The molecule has 0 aromatic heterocycles. The second-order valence-corrected chi connectivity index (χ2v) is 8.43. The summed E-state index contributed by atoms with van der Waals surface area (Å²) in [5.74, 6) is 0.272. The van der Waals surface area contributed by atoms with Gasteiger partial charge in [0.25, 0.3) is 0 Å². The van der Waals surface area contributed by atoms with E-state index in [4.69, 9.17) is 9.47 Å². The molecule has 8 nitrogen and oxygen atoms in total. The minimum atomic E-state index is -0.597. The molecule has 1 aromatic carbocycles. The highest BCUT2D eigenvalue weighted by molar-refractivity contribution is 5.95. The van der Waals surface area contributed by atoms with Crippen LogP contribution in [0.15, 0.2) is 35.5 Å². The predicted octanol–water partition coefficient (Wildman–Crippen LogP) is 2.62. The van der Waals surface area contributed by atoms with E-state index in [9.17, 15) is 9.59 Å². The lowest BCUT2D eigenvalue weighted by Gasteiger charge is -2.40. The Morgan fingerprint density at radius 2 is 1.97 bits per heavy atom. The molecule has 1 saturated heterocycles. The molecule has 176 valence electrons. The van der Waals surface area contributed by atoms with Crippen molar-refractivity contribution in [2.75, 3.05) is 54.0 Å². The Balaban J connectivity index is 2.03. The number of benzene rings is 1. The summed E-state index contributed by atoms with van der Waals surface area (Å²) in [6.07, 6.45) is 2.12. The maximum Gasteiger partial charge on any atom is 0.338 e. The monoisotopic (exact) mass is 444 g/mol. The number of nitrogens with zero attached hydrogens (tertiary/aromatic N) is 3. The van der Waals surface area contributed by atoms with Crippen LogP contribution < -0.4 is 10.1 Å². The highest BCUT2D eigenvalue weighted by Crippen LogP contribution is 2.33. The van der Waals surface area contributed by atoms with Crippen molar-refractivity contribution in [1.29, 1.82) is 0 Å². The number of urea groups is 1. The van der Waals surface area contributed by atoms with Gasteiger partial charge in [-0.3, -0.25) is 9.80 Å². The van der Waals surface area contributed by atoms with Crippen molar-refractivity contribution in [3.8, 4) is 5.75 Å². The number of esters is 1. The van der Waals surface area contributed by atoms with Crippen LogP contribution in [-0.2, 0) is 9.53 Å². The lowest BCUT2D eigenvalue weighted by atomic mass is 9.93. The number of likely N-dealkylation sites (N-methyl/N-ethyl adjacent to an activating group) is 2. The van der Waals surface area contributed by atoms with Gasteiger partial charge in [-0.05, 0) is 71.6 Å². The number of carbonyl (C=O) groups is 2. The summed E-state index contributed by atoms with van der Waals surface area (Å²) in [6.45, 7) is 7.05. The molecule has 32 heavy (non-hydrogen) atoms. The van der Waals surface area contributed by atoms with Crippen molar-refractivity contribution in [2.45, 2.75) is 38.8 Å². The first kappa shape index (κ1) is 24.1. The molecule has 0 radical (unpaired) electrons. The predicted molar refractivity (Wildman–Crippen MR) is 123 cm³/mol. The lowest BCUT2D eigenvalue weighted by molar-refractivity contribution is -0.139. The van der Waals surface area contributed by atoms with Gasteiger partial charge in [-0.25, -0.2) is 9.59 Å². The molecule has 2 aliphatic heterocycles. The molecule has 1 N–H and O–H groups in total. The third-order valence-electron chi connectivity index (χ3n) is 6.39. The first-order valence-electron chi connectivity index (χ1n) is 11.4. The number of hydrogen-bond acceptors (Lipinski definition) is 6. The Labute approximate surface area is 191 Å². The Kier molecular flexibility index (Phi) is 8.15. The van der Waals surface area contributed by atoms with E-state index in [1.54, 1.807) is 18.9 Å². The number of likely N-dealkylation sites (tertiary alicyclic amines) is 1. The number of carbonyl (C=O) groups excluding carboxylic acids is 2. The van der Waals surface area contributed by atoms with E-state index in [0.717, 1.165) is 31.5 Å². The second-order valence-electron chi connectivity index (χ2n) is 8.43. The van der Waals surface area contributed by atoms with Crippen LogP contribution in [0, 0.1) is 0 Å². The molecular formula is C24H36N4O4. The van der Waals surface area contributed by atoms with Crippen molar-refractivity contribution >= 4 is 12.0 Å². The summed E-state index contributed by atoms with van der Waals surface area (Å²) in [7, 11) is 5.81. The van der Waals surface area contributed by atoms with Crippen molar-refractivity contribution < 1.29 is 19.1 Å². The van der Waals surface area contributed by atoms with Crippen LogP contribution in [-0.4, -0.2) is 86.7 Å². The fraction of sp³-hybridized carbons (Fsp3) is 0.583. The minimum absolute atomic E-state index is 0.208. The number of rotatable bonds is 8. The normalized spacial score (nSPS) is 20.5. The Morgan fingerprint density at radius 3 is 2.59 bits per heavy atom. The number of methoxy groups -OCH3 is 1. The van der Waals surface area contributed by atoms with Gasteiger partial charge in [0.2, 0.25) is 0 Å². The van der Waals surface area contributed by atoms with Crippen molar-refractivity contribution in [3.05, 3.63) is 41.1 Å². The van der Waals surface area contributed by atoms with E-state index in [2.05, 4.69) is 29.2 Å². The second kappa shape index (κ2) is 10.8. The summed E-state index contributed by atoms with van der Waals surface area (Å²) in [5.41, 5.74) is 1.99. The Morgan fingerprint density at radius 1 is 1.25 bits per heavy atom. The fourth-order valence-electron chi connectivity index (χ4n) is 4.53. The van der Waals surface area contributed by atoms with Crippen LogP contribution in [0.25, 0.3) is 0 Å². The van der Waals surface area contributed by atoms with Gasteiger partial charge in [-0.1, -0.05) is 12.1 Å². The molecular weight excluding hydrogens is 408 g/mol. The van der Waals surface area contributed by atoms with Gasteiger partial charge >= 0.3 is 12.0 Å². The number of hydrogen-bond donors (Lipinski definition) is 1. The molecule has 0 saturated carbocycles. The largest absolute Gasteiger partial charge is 0.497 e. The number of ether oxygens (including phenoxy) is 2. The molecule has 1 unspecified atom stereocenters. The Hall–Kier alpha value is -2.58. The molecule has 0 aliphatic carbocycles. The van der Waals surface area contributed by atoms with E-state index in [-0.39, 0.29) is 12.6 Å². The van der Waals surface area contributed by atoms with Crippen molar-refractivity contribution in [1.82, 2.24) is 20.0 Å². The van der Waals surface area contributed by atoms with Gasteiger partial charge in [0.05, 0.1) is 25.3 Å². The number of amides is 2. The van der Waals surface area contributed by atoms with Gasteiger partial charge in [-0.15, -0.1) is 0 Å². The summed E-state index contributed by atoms with van der Waals surface area (Å²) in [5, 5.41) is 3.01. The summed E-state index contributed by atoms with van der Waals surface area (Å²) in [4.78, 5) is 32.5. The van der Waals surface area contributed by atoms with Crippen molar-refractivity contribution in [2.24, 2.45) is 0 Å². The lowest BCUT2D eigenvalue weighted by Crippen LogP contribution is -2.52.